The molecule has 0 bridgehead atoms. The van der Waals surface area contributed by atoms with Crippen LogP contribution in [0.4, 0.5) is 8.78 Å². The fourth-order valence-corrected chi connectivity index (χ4v) is 4.76. The van der Waals surface area contributed by atoms with Crippen LogP contribution in [0.1, 0.15) is 41.0 Å². The van der Waals surface area contributed by atoms with Gasteiger partial charge in [-0.15, -0.1) is 0 Å². The number of carbonyl (C=O) groups excluding carboxylic acids is 2. The number of hydrogen-bond acceptors (Lipinski definition) is 7. The Kier molecular flexibility index (Phi) is 17.3. The number of nitrogens with zero attached hydrogens (tertiary/aromatic N) is 7. The van der Waals surface area contributed by atoms with Crippen LogP contribution in [0.5, 0.6) is 0 Å². The van der Waals surface area contributed by atoms with Crippen LogP contribution >= 0.6 is 0 Å². The fourth-order valence-electron chi connectivity index (χ4n) is 4.76. The maximum Gasteiger partial charge on any atom is 1.00 e. The molecule has 0 unspecified atom stereocenters. The second-order valence-electron chi connectivity index (χ2n) is 10.6. The molecule has 0 saturated carbocycles. The molecule has 0 N–H and O–H groups in total. The summed E-state index contributed by atoms with van der Waals surface area (Å²) in [5, 5.41) is 10.1. The molecule has 0 aliphatic rings. The van der Waals surface area contributed by atoms with E-state index in [1.807, 2.05) is 36.4 Å². The predicted octanol–water partition coefficient (Wildman–Crippen LogP) is 2.67. The van der Waals surface area contributed by atoms with Crippen molar-refractivity contribution in [3.63, 3.8) is 0 Å². The van der Waals surface area contributed by atoms with E-state index in [4.69, 9.17) is 4.84 Å². The van der Waals surface area contributed by atoms with Gasteiger partial charge in [-0.2, -0.15) is 10.2 Å². The van der Waals surface area contributed by atoms with Gasteiger partial charge in [0.25, 0.3) is 5.91 Å². The smallest absolute Gasteiger partial charge is 1.00 e. The van der Waals surface area contributed by atoms with Gasteiger partial charge in [-0.3, -0.25) is 33.8 Å². The first-order valence-electron chi connectivity index (χ1n) is 15.1. The molecule has 0 spiro atoms. The van der Waals surface area contributed by atoms with Crippen LogP contribution in [-0.2, 0) is 30.8 Å². The number of hydrogen-bond donors (Lipinski definition) is 0. The number of benzene rings is 2. The molecule has 6 rings (SSSR count). The quantitative estimate of drug-likeness (QED) is 0.116. The molecule has 0 atom stereocenters. The Balaban J connectivity index is 0.000000488. The van der Waals surface area contributed by atoms with Gasteiger partial charge in [-0.1, -0.05) is 43.8 Å². The standard InChI is InChI=1S/C19H19FN4O2.C17H14FN3O.CH4.Al.Li.4H/c1-23(26-2)19(25)18-13-17(16-5-3-4-11-21-16)22-24(18)12-10-14-6-8-15(20)9-7-14;18-14-6-4-13(5-7-14)8-10-21-15(12-22)11-17(20-21)16-3-1-2-9-19-16;;;;;;;/h3-9,11,13H,10,12H2,1-2H3;1-7,9,11-12H,8,10H2;1H4;;;;;;/q;;;;+1;;;;-1. The van der Waals surface area contributed by atoms with E-state index in [2.05, 4.69) is 20.2 Å². The Bertz CT molecular complexity index is 1950. The van der Waals surface area contributed by atoms with Crippen molar-refractivity contribution in [2.75, 3.05) is 14.2 Å². The number of aldehydes is 1. The minimum Gasteiger partial charge on any atom is -1.00 e. The second kappa shape index (κ2) is 20.8. The van der Waals surface area contributed by atoms with Crippen molar-refractivity contribution >= 4 is 29.6 Å². The van der Waals surface area contributed by atoms with E-state index >= 15 is 0 Å². The van der Waals surface area contributed by atoms with Gasteiger partial charge in [0, 0.05) is 32.5 Å². The summed E-state index contributed by atoms with van der Waals surface area (Å²) in [6.07, 6.45) is 5.43. The molecule has 51 heavy (non-hydrogen) atoms. The Labute approximate surface area is 320 Å². The van der Waals surface area contributed by atoms with Gasteiger partial charge in [0.2, 0.25) is 0 Å². The number of aromatic nitrogens is 6. The topological polar surface area (TPSA) is 108 Å². The molecule has 6 aromatic rings. The number of amides is 1. The van der Waals surface area contributed by atoms with Crippen LogP contribution in [0.2, 0.25) is 0 Å². The molecular weight excluding hydrogens is 662 g/mol. The zero-order chi connectivity index (χ0) is 33.9. The zero-order valence-corrected chi connectivity index (χ0v) is 27.4. The normalized spacial score (nSPS) is 10.0. The van der Waals surface area contributed by atoms with Crippen LogP contribution in [-0.4, -0.2) is 78.3 Å². The third-order valence-electron chi connectivity index (χ3n) is 7.40. The Morgan fingerprint density at radius 3 is 1.69 bits per heavy atom. The van der Waals surface area contributed by atoms with Crippen molar-refractivity contribution in [1.82, 2.24) is 34.6 Å². The van der Waals surface area contributed by atoms with Crippen LogP contribution in [0, 0.1) is 11.6 Å². The first-order valence-corrected chi connectivity index (χ1v) is 15.1. The van der Waals surface area contributed by atoms with Crippen molar-refractivity contribution in [3.05, 3.63) is 144 Å². The summed E-state index contributed by atoms with van der Waals surface area (Å²) < 4.78 is 29.2. The van der Waals surface area contributed by atoms with Crippen molar-refractivity contribution in [3.8, 4) is 22.8 Å². The van der Waals surface area contributed by atoms with E-state index < -0.39 is 0 Å². The summed E-state index contributed by atoms with van der Waals surface area (Å²) in [7, 11) is 2.97. The minimum atomic E-state index is -0.304. The predicted molar refractivity (Wildman–Crippen MR) is 193 cm³/mol. The van der Waals surface area contributed by atoms with Gasteiger partial charge in [0.05, 0.1) is 18.5 Å². The average molecular weight is 704 g/mol. The monoisotopic (exact) mass is 703 g/mol. The maximum atomic E-state index is 13.1. The number of pyridine rings is 2. The van der Waals surface area contributed by atoms with E-state index in [9.17, 15) is 18.4 Å². The number of aryl methyl sites for hydroxylation is 4. The van der Waals surface area contributed by atoms with Crippen molar-refractivity contribution in [1.29, 1.82) is 0 Å². The Hall–Kier alpha value is -4.75. The summed E-state index contributed by atoms with van der Waals surface area (Å²) in [6.45, 7) is 1.02. The number of rotatable bonds is 11. The molecule has 0 aliphatic heterocycles. The first kappa shape index (κ1) is 42.4. The largest absolute Gasteiger partial charge is 1.00 e. The molecule has 0 saturated heterocycles. The third-order valence-corrected chi connectivity index (χ3v) is 7.40. The SMILES string of the molecule is C.CON(C)C(=O)c1cc(-c2ccccn2)nn1CCc1ccc(F)cc1.O=Cc1cc(-c2ccccn2)nn1CCc1ccc(F)cc1.[AlH3].[H-].[Li+]. The van der Waals surface area contributed by atoms with Crippen molar-refractivity contribution in [2.45, 2.75) is 33.4 Å². The van der Waals surface area contributed by atoms with Crippen molar-refractivity contribution < 1.29 is 43.5 Å². The van der Waals surface area contributed by atoms with E-state index in [1.54, 1.807) is 65.2 Å². The summed E-state index contributed by atoms with van der Waals surface area (Å²) in [4.78, 5) is 37.3. The maximum absolute atomic E-state index is 13.1. The van der Waals surface area contributed by atoms with Crippen LogP contribution in [0.15, 0.2) is 109 Å². The molecule has 4 aromatic heterocycles. The first-order chi connectivity index (χ1) is 23.3. The van der Waals surface area contributed by atoms with E-state index in [0.717, 1.165) is 28.2 Å². The van der Waals surface area contributed by atoms with Crippen LogP contribution in [0.25, 0.3) is 22.8 Å². The van der Waals surface area contributed by atoms with E-state index in [-0.39, 0.29) is 62.6 Å². The number of halogens is 2. The molecule has 14 heteroatoms. The molecule has 2 aromatic carbocycles. The minimum absolute atomic E-state index is 0. The van der Waals surface area contributed by atoms with Gasteiger partial charge in [-0.05, 0) is 84.6 Å². The number of hydroxylamine groups is 2. The molecule has 260 valence electrons. The fraction of sp³-hybridized carbons (Fsp3) is 0.189. The zero-order valence-electron chi connectivity index (χ0n) is 28.4. The van der Waals surface area contributed by atoms with E-state index in [0.29, 0.717) is 54.4 Å². The molecule has 4 heterocycles. The van der Waals surface area contributed by atoms with Gasteiger partial charge < -0.3 is 1.43 Å². The molecule has 0 radical (unpaired) electrons. The summed E-state index contributed by atoms with van der Waals surface area (Å²) in [5.41, 5.74) is 5.54. The van der Waals surface area contributed by atoms with Gasteiger partial charge in [0.1, 0.15) is 34.4 Å². The summed E-state index contributed by atoms with van der Waals surface area (Å²) >= 11 is 0. The Morgan fingerprint density at radius 2 is 1.24 bits per heavy atom. The van der Waals surface area contributed by atoms with Gasteiger partial charge in [0.15, 0.2) is 23.6 Å². The molecule has 1 amide bonds. The molecule has 10 nitrogen and oxygen atoms in total. The average Bonchev–Trinajstić information content (AvgIpc) is 3.76. The summed E-state index contributed by atoms with van der Waals surface area (Å²) in [6, 6.07) is 27.1. The number of carbonyl (C=O) groups is 2. The van der Waals surface area contributed by atoms with Gasteiger partial charge >= 0.3 is 18.9 Å². The van der Waals surface area contributed by atoms with E-state index in [1.165, 1.54) is 31.4 Å². The summed E-state index contributed by atoms with van der Waals surface area (Å²) in [5.74, 6) is -0.835. The third kappa shape index (κ3) is 11.6. The Morgan fingerprint density at radius 1 is 0.765 bits per heavy atom. The van der Waals surface area contributed by atoms with Crippen LogP contribution in [0.3, 0.4) is 0 Å². The molecule has 0 aliphatic carbocycles. The van der Waals surface area contributed by atoms with Gasteiger partial charge in [-0.25, -0.2) is 13.8 Å². The van der Waals surface area contributed by atoms with Crippen LogP contribution < -0.4 is 18.9 Å². The molecular formula is C37H41AlF2LiN7O3. The van der Waals surface area contributed by atoms with Crippen molar-refractivity contribution in [2.24, 2.45) is 0 Å². The second-order valence-corrected chi connectivity index (χ2v) is 10.6. The molecule has 0 fully saturated rings.